The maximum atomic E-state index is 13.1. The first kappa shape index (κ1) is 10.8. The minimum atomic E-state index is -0.497. The average molecular weight is 285 g/mol. The summed E-state index contributed by atoms with van der Waals surface area (Å²) in [5, 5.41) is 9.16. The Hall–Kier alpha value is -1.69. The van der Waals surface area contributed by atoms with Gasteiger partial charge in [-0.05, 0) is 18.2 Å². The third kappa shape index (κ3) is 2.27. The SMILES string of the molecule is O=c1cc(O)nc(-c2cc(F)cc(Br)c2)[nH]1. The summed E-state index contributed by atoms with van der Waals surface area (Å²) < 4.78 is 13.6. The molecule has 2 rings (SSSR count). The van der Waals surface area contributed by atoms with E-state index in [1.807, 2.05) is 0 Å². The molecular formula is C10H6BrFN2O2. The molecule has 0 bridgehead atoms. The van der Waals surface area contributed by atoms with Crippen LogP contribution in [0.4, 0.5) is 4.39 Å². The molecule has 82 valence electrons. The summed E-state index contributed by atoms with van der Waals surface area (Å²) in [5.74, 6) is -0.750. The van der Waals surface area contributed by atoms with Crippen LogP contribution in [-0.2, 0) is 0 Å². The second-order valence-electron chi connectivity index (χ2n) is 3.11. The second-order valence-corrected chi connectivity index (χ2v) is 4.03. The number of rotatable bonds is 1. The van der Waals surface area contributed by atoms with Gasteiger partial charge in [0.1, 0.15) is 11.6 Å². The lowest BCUT2D eigenvalue weighted by molar-refractivity contribution is 0.452. The topological polar surface area (TPSA) is 66.0 Å². The fourth-order valence-corrected chi connectivity index (χ4v) is 1.74. The summed E-state index contributed by atoms with van der Waals surface area (Å²) in [4.78, 5) is 17.2. The fraction of sp³-hybridized carbons (Fsp3) is 0. The number of hydrogen-bond donors (Lipinski definition) is 2. The van der Waals surface area contributed by atoms with Crippen molar-refractivity contribution in [2.24, 2.45) is 0 Å². The molecule has 0 amide bonds. The first-order chi connectivity index (χ1) is 7.54. The van der Waals surface area contributed by atoms with E-state index >= 15 is 0 Å². The molecule has 0 radical (unpaired) electrons. The van der Waals surface area contributed by atoms with Crippen LogP contribution >= 0.6 is 15.9 Å². The summed E-state index contributed by atoms with van der Waals surface area (Å²) in [6.07, 6.45) is 0. The van der Waals surface area contributed by atoms with Crippen molar-refractivity contribution in [2.45, 2.75) is 0 Å². The molecule has 4 nitrogen and oxygen atoms in total. The van der Waals surface area contributed by atoms with E-state index in [1.54, 1.807) is 6.07 Å². The second kappa shape index (κ2) is 4.05. The van der Waals surface area contributed by atoms with E-state index < -0.39 is 17.3 Å². The lowest BCUT2D eigenvalue weighted by Crippen LogP contribution is -2.06. The van der Waals surface area contributed by atoms with Gasteiger partial charge < -0.3 is 10.1 Å². The number of halogens is 2. The molecule has 1 aromatic carbocycles. The van der Waals surface area contributed by atoms with Crippen molar-refractivity contribution in [3.63, 3.8) is 0 Å². The highest BCUT2D eigenvalue weighted by Crippen LogP contribution is 2.21. The Morgan fingerprint density at radius 2 is 2.06 bits per heavy atom. The van der Waals surface area contributed by atoms with E-state index in [0.717, 1.165) is 6.07 Å². The highest BCUT2D eigenvalue weighted by molar-refractivity contribution is 9.10. The lowest BCUT2D eigenvalue weighted by atomic mass is 10.2. The molecule has 0 saturated carbocycles. The Bertz CT molecular complexity index is 577. The van der Waals surface area contributed by atoms with Gasteiger partial charge in [0.2, 0.25) is 5.88 Å². The smallest absolute Gasteiger partial charge is 0.254 e. The van der Waals surface area contributed by atoms with E-state index in [4.69, 9.17) is 5.11 Å². The van der Waals surface area contributed by atoms with Crippen molar-refractivity contribution in [3.05, 3.63) is 44.9 Å². The molecule has 0 aliphatic heterocycles. The maximum Gasteiger partial charge on any atom is 0.254 e. The summed E-state index contributed by atoms with van der Waals surface area (Å²) in [6.45, 7) is 0. The monoisotopic (exact) mass is 284 g/mol. The summed E-state index contributed by atoms with van der Waals surface area (Å²) in [6, 6.07) is 5.02. The molecule has 2 N–H and O–H groups in total. The number of aromatic amines is 1. The van der Waals surface area contributed by atoms with Gasteiger partial charge in [-0.3, -0.25) is 4.79 Å². The molecular weight excluding hydrogens is 279 g/mol. The highest BCUT2D eigenvalue weighted by Gasteiger charge is 2.06. The third-order valence-electron chi connectivity index (χ3n) is 1.86. The molecule has 6 heteroatoms. The quantitative estimate of drug-likeness (QED) is 0.842. The highest BCUT2D eigenvalue weighted by atomic mass is 79.9. The van der Waals surface area contributed by atoms with E-state index in [0.29, 0.717) is 10.0 Å². The van der Waals surface area contributed by atoms with E-state index in [-0.39, 0.29) is 5.82 Å². The fourth-order valence-electron chi connectivity index (χ4n) is 1.27. The Labute approximate surface area is 97.9 Å². The normalized spacial score (nSPS) is 10.4. The number of nitrogens with one attached hydrogen (secondary N) is 1. The number of nitrogens with zero attached hydrogens (tertiary/aromatic N) is 1. The van der Waals surface area contributed by atoms with Gasteiger partial charge in [-0.1, -0.05) is 15.9 Å². The van der Waals surface area contributed by atoms with Gasteiger partial charge in [-0.15, -0.1) is 0 Å². The Morgan fingerprint density at radius 1 is 1.31 bits per heavy atom. The van der Waals surface area contributed by atoms with Gasteiger partial charge >= 0.3 is 0 Å². The minimum Gasteiger partial charge on any atom is -0.493 e. The molecule has 1 heterocycles. The van der Waals surface area contributed by atoms with Crippen molar-refractivity contribution in [2.75, 3.05) is 0 Å². The number of hydrogen-bond acceptors (Lipinski definition) is 3. The third-order valence-corrected chi connectivity index (χ3v) is 2.32. The largest absolute Gasteiger partial charge is 0.493 e. The van der Waals surface area contributed by atoms with Crippen LogP contribution in [0, 0.1) is 5.82 Å². The predicted molar refractivity (Wildman–Crippen MR) is 59.6 cm³/mol. The molecule has 0 spiro atoms. The van der Waals surface area contributed by atoms with Gasteiger partial charge in [-0.2, -0.15) is 4.98 Å². The van der Waals surface area contributed by atoms with Gasteiger partial charge in [0.05, 0.1) is 6.07 Å². The Morgan fingerprint density at radius 3 is 2.69 bits per heavy atom. The van der Waals surface area contributed by atoms with Crippen LogP contribution in [0.5, 0.6) is 5.88 Å². The van der Waals surface area contributed by atoms with Gasteiger partial charge in [-0.25, -0.2) is 4.39 Å². The molecule has 0 aliphatic rings. The van der Waals surface area contributed by atoms with Crippen LogP contribution in [0.15, 0.2) is 33.5 Å². The lowest BCUT2D eigenvalue weighted by Gasteiger charge is -2.02. The minimum absolute atomic E-state index is 0.116. The standard InChI is InChI=1S/C10H6BrFN2O2/c11-6-1-5(2-7(12)3-6)10-13-8(15)4-9(16)14-10/h1-4H,(H2,13,14,15,16). The zero-order valence-corrected chi connectivity index (χ0v) is 9.45. The van der Waals surface area contributed by atoms with Gasteiger partial charge in [0.15, 0.2) is 0 Å². The van der Waals surface area contributed by atoms with Crippen LogP contribution in [0.25, 0.3) is 11.4 Å². The Kier molecular flexibility index (Phi) is 2.74. The molecule has 0 unspecified atom stereocenters. The molecule has 0 saturated heterocycles. The number of benzene rings is 1. The molecule has 0 aliphatic carbocycles. The molecule has 2 aromatic rings. The predicted octanol–water partition coefficient (Wildman–Crippen LogP) is 2.04. The van der Waals surface area contributed by atoms with Crippen LogP contribution < -0.4 is 5.56 Å². The van der Waals surface area contributed by atoms with Gasteiger partial charge in [0, 0.05) is 10.0 Å². The van der Waals surface area contributed by atoms with E-state index in [9.17, 15) is 9.18 Å². The summed E-state index contributed by atoms with van der Waals surface area (Å²) in [7, 11) is 0. The van der Waals surface area contributed by atoms with Gasteiger partial charge in [0.25, 0.3) is 5.56 Å². The van der Waals surface area contributed by atoms with Crippen LogP contribution in [-0.4, -0.2) is 15.1 Å². The van der Waals surface area contributed by atoms with Crippen LogP contribution in [0.3, 0.4) is 0 Å². The number of aromatic hydroxyl groups is 1. The van der Waals surface area contributed by atoms with Crippen LogP contribution in [0.1, 0.15) is 0 Å². The summed E-state index contributed by atoms with van der Waals surface area (Å²) >= 11 is 3.12. The first-order valence-electron chi connectivity index (χ1n) is 4.31. The maximum absolute atomic E-state index is 13.1. The van der Waals surface area contributed by atoms with Crippen molar-refractivity contribution in [3.8, 4) is 17.3 Å². The summed E-state index contributed by atoms with van der Waals surface area (Å²) in [5.41, 5.74) is -0.122. The molecule has 0 fully saturated rings. The molecule has 0 atom stereocenters. The van der Waals surface area contributed by atoms with Crippen molar-refractivity contribution >= 4 is 15.9 Å². The molecule has 1 aromatic heterocycles. The zero-order chi connectivity index (χ0) is 11.7. The number of aromatic nitrogens is 2. The van der Waals surface area contributed by atoms with Crippen molar-refractivity contribution < 1.29 is 9.50 Å². The van der Waals surface area contributed by atoms with Crippen LogP contribution in [0.2, 0.25) is 0 Å². The zero-order valence-electron chi connectivity index (χ0n) is 7.87. The van der Waals surface area contributed by atoms with Crippen molar-refractivity contribution in [1.29, 1.82) is 0 Å². The average Bonchev–Trinajstić information content (AvgIpc) is 2.14. The molecule has 16 heavy (non-hydrogen) atoms. The Balaban J connectivity index is 2.62. The number of H-pyrrole nitrogens is 1. The van der Waals surface area contributed by atoms with E-state index in [1.165, 1.54) is 12.1 Å². The van der Waals surface area contributed by atoms with E-state index in [2.05, 4.69) is 25.9 Å². The first-order valence-corrected chi connectivity index (χ1v) is 5.11. The van der Waals surface area contributed by atoms with Crippen molar-refractivity contribution in [1.82, 2.24) is 9.97 Å².